The maximum atomic E-state index is 3.65. The Balaban J connectivity index is 2.48. The second kappa shape index (κ2) is 8.19. The Morgan fingerprint density at radius 3 is 2.33 bits per heavy atom. The summed E-state index contributed by atoms with van der Waals surface area (Å²) < 4.78 is 0. The van der Waals surface area contributed by atoms with E-state index in [4.69, 9.17) is 0 Å². The highest BCUT2D eigenvalue weighted by Gasteiger charge is 2.31. The number of hydrogen-bond acceptors (Lipinski definition) is 1. The van der Waals surface area contributed by atoms with E-state index in [1.165, 1.54) is 45.2 Å². The highest BCUT2D eigenvalue weighted by Crippen LogP contribution is 2.40. The van der Waals surface area contributed by atoms with E-state index in [1.807, 2.05) is 0 Å². The molecule has 1 aliphatic carbocycles. The van der Waals surface area contributed by atoms with Crippen LogP contribution >= 0.6 is 0 Å². The van der Waals surface area contributed by atoms with E-state index in [-0.39, 0.29) is 0 Å². The monoisotopic (exact) mass is 253 g/mol. The van der Waals surface area contributed by atoms with E-state index in [1.54, 1.807) is 0 Å². The highest BCUT2D eigenvalue weighted by atomic mass is 14.9. The Morgan fingerprint density at radius 1 is 1.06 bits per heavy atom. The molecule has 0 radical (unpaired) electrons. The minimum atomic E-state index is 0.856. The Morgan fingerprint density at radius 2 is 1.78 bits per heavy atom. The third-order valence-corrected chi connectivity index (χ3v) is 4.73. The van der Waals surface area contributed by atoms with Crippen LogP contribution in [0.15, 0.2) is 0 Å². The Bertz CT molecular complexity index is 210. The fourth-order valence-corrected chi connectivity index (χ4v) is 3.60. The van der Waals surface area contributed by atoms with Gasteiger partial charge in [0.25, 0.3) is 0 Å². The van der Waals surface area contributed by atoms with Crippen LogP contribution in [0.5, 0.6) is 0 Å². The molecule has 0 amide bonds. The lowest BCUT2D eigenvalue weighted by atomic mass is 9.68. The van der Waals surface area contributed by atoms with Gasteiger partial charge in [0.05, 0.1) is 0 Å². The predicted molar refractivity (Wildman–Crippen MR) is 81.8 cm³/mol. The first-order valence-electron chi connectivity index (χ1n) is 8.25. The molecule has 0 aromatic rings. The summed E-state index contributed by atoms with van der Waals surface area (Å²) in [5, 5.41) is 3.65. The van der Waals surface area contributed by atoms with Gasteiger partial charge in [0.15, 0.2) is 0 Å². The quantitative estimate of drug-likeness (QED) is 0.647. The molecule has 1 aliphatic rings. The molecule has 1 nitrogen and oxygen atoms in total. The zero-order valence-electron chi connectivity index (χ0n) is 13.3. The standard InChI is InChI=1S/C17H35N/c1-6-9-18-12-16-8-7-15(14(4)5)11-17(16)10-13(2)3/h13-18H,6-12H2,1-5H3. The average molecular weight is 253 g/mol. The Kier molecular flexibility index (Phi) is 7.29. The minimum Gasteiger partial charge on any atom is -0.316 e. The maximum absolute atomic E-state index is 3.65. The van der Waals surface area contributed by atoms with Crippen LogP contribution in [0.1, 0.15) is 66.7 Å². The first kappa shape index (κ1) is 16.0. The van der Waals surface area contributed by atoms with Gasteiger partial charge in [-0.1, -0.05) is 34.6 Å². The first-order chi connectivity index (χ1) is 8.54. The van der Waals surface area contributed by atoms with Crippen LogP contribution in [-0.2, 0) is 0 Å². The lowest BCUT2D eigenvalue weighted by molar-refractivity contribution is 0.127. The van der Waals surface area contributed by atoms with Crippen molar-refractivity contribution in [1.29, 1.82) is 0 Å². The van der Waals surface area contributed by atoms with E-state index >= 15 is 0 Å². The van der Waals surface area contributed by atoms with Gasteiger partial charge in [0.2, 0.25) is 0 Å². The molecule has 108 valence electrons. The van der Waals surface area contributed by atoms with Crippen molar-refractivity contribution in [2.75, 3.05) is 13.1 Å². The van der Waals surface area contributed by atoms with Crippen LogP contribution in [0.2, 0.25) is 0 Å². The lowest BCUT2D eigenvalue weighted by Gasteiger charge is -2.39. The molecule has 0 bridgehead atoms. The molecule has 3 unspecified atom stereocenters. The second-order valence-corrected chi connectivity index (χ2v) is 7.17. The largest absolute Gasteiger partial charge is 0.316 e. The number of hydrogen-bond donors (Lipinski definition) is 1. The van der Waals surface area contributed by atoms with Crippen LogP contribution in [0.3, 0.4) is 0 Å². The van der Waals surface area contributed by atoms with Crippen molar-refractivity contribution in [3.05, 3.63) is 0 Å². The molecule has 1 heteroatoms. The summed E-state index contributed by atoms with van der Waals surface area (Å²) >= 11 is 0. The summed E-state index contributed by atoms with van der Waals surface area (Å²) in [5.41, 5.74) is 0. The van der Waals surface area contributed by atoms with Crippen LogP contribution in [0.25, 0.3) is 0 Å². The smallest absolute Gasteiger partial charge is 0.00179 e. The summed E-state index contributed by atoms with van der Waals surface area (Å²) in [6.45, 7) is 14.3. The molecule has 1 saturated carbocycles. The molecule has 0 aromatic heterocycles. The first-order valence-corrected chi connectivity index (χ1v) is 8.25. The van der Waals surface area contributed by atoms with E-state index in [2.05, 4.69) is 39.9 Å². The topological polar surface area (TPSA) is 12.0 Å². The average Bonchev–Trinajstić information content (AvgIpc) is 2.30. The molecular weight excluding hydrogens is 218 g/mol. The van der Waals surface area contributed by atoms with Gasteiger partial charge in [0, 0.05) is 0 Å². The van der Waals surface area contributed by atoms with Gasteiger partial charge in [-0.2, -0.15) is 0 Å². The fraction of sp³-hybridized carbons (Fsp3) is 1.00. The molecule has 1 rings (SSSR count). The van der Waals surface area contributed by atoms with Crippen molar-refractivity contribution in [3.63, 3.8) is 0 Å². The normalized spacial score (nSPS) is 29.2. The van der Waals surface area contributed by atoms with Gasteiger partial charge >= 0.3 is 0 Å². The van der Waals surface area contributed by atoms with Gasteiger partial charge in [-0.25, -0.2) is 0 Å². The third kappa shape index (κ3) is 5.30. The summed E-state index contributed by atoms with van der Waals surface area (Å²) in [6.07, 6.45) is 7.09. The number of rotatable bonds is 7. The molecule has 0 aliphatic heterocycles. The van der Waals surface area contributed by atoms with Crippen LogP contribution < -0.4 is 5.32 Å². The summed E-state index contributed by atoms with van der Waals surface area (Å²) in [7, 11) is 0. The highest BCUT2D eigenvalue weighted by molar-refractivity contribution is 4.83. The van der Waals surface area contributed by atoms with Crippen molar-refractivity contribution in [1.82, 2.24) is 5.32 Å². The molecule has 0 heterocycles. The van der Waals surface area contributed by atoms with Crippen LogP contribution in [0, 0.1) is 29.6 Å². The summed E-state index contributed by atoms with van der Waals surface area (Å²) in [5.74, 6) is 4.62. The summed E-state index contributed by atoms with van der Waals surface area (Å²) in [4.78, 5) is 0. The van der Waals surface area contributed by atoms with Crippen molar-refractivity contribution < 1.29 is 0 Å². The number of nitrogens with one attached hydrogen (secondary N) is 1. The Labute approximate surface area is 115 Å². The van der Waals surface area contributed by atoms with E-state index < -0.39 is 0 Å². The lowest BCUT2D eigenvalue weighted by Crippen LogP contribution is -2.35. The van der Waals surface area contributed by atoms with Crippen molar-refractivity contribution in [2.24, 2.45) is 29.6 Å². The molecule has 1 fully saturated rings. The Hall–Kier alpha value is -0.0400. The van der Waals surface area contributed by atoms with E-state index in [9.17, 15) is 0 Å². The second-order valence-electron chi connectivity index (χ2n) is 7.17. The van der Waals surface area contributed by atoms with Gasteiger partial charge in [-0.05, 0) is 74.8 Å². The van der Waals surface area contributed by atoms with Crippen LogP contribution in [-0.4, -0.2) is 13.1 Å². The zero-order valence-corrected chi connectivity index (χ0v) is 13.3. The molecule has 0 saturated heterocycles. The predicted octanol–water partition coefficient (Wildman–Crippen LogP) is 4.72. The van der Waals surface area contributed by atoms with Crippen molar-refractivity contribution >= 4 is 0 Å². The van der Waals surface area contributed by atoms with E-state index in [0.717, 1.165) is 29.6 Å². The van der Waals surface area contributed by atoms with E-state index in [0.29, 0.717) is 0 Å². The van der Waals surface area contributed by atoms with Gasteiger partial charge in [0.1, 0.15) is 0 Å². The van der Waals surface area contributed by atoms with Crippen molar-refractivity contribution in [2.45, 2.75) is 66.7 Å². The van der Waals surface area contributed by atoms with Gasteiger partial charge in [-0.15, -0.1) is 0 Å². The third-order valence-electron chi connectivity index (χ3n) is 4.73. The zero-order chi connectivity index (χ0) is 13.5. The minimum absolute atomic E-state index is 0.856. The molecule has 0 spiro atoms. The molecule has 1 N–H and O–H groups in total. The fourth-order valence-electron chi connectivity index (χ4n) is 3.60. The molecular formula is C17H35N. The molecule has 3 atom stereocenters. The van der Waals surface area contributed by atoms with Crippen molar-refractivity contribution in [3.8, 4) is 0 Å². The molecule has 18 heavy (non-hydrogen) atoms. The van der Waals surface area contributed by atoms with Gasteiger partial charge in [-0.3, -0.25) is 0 Å². The maximum Gasteiger partial charge on any atom is -0.00179 e. The van der Waals surface area contributed by atoms with Gasteiger partial charge < -0.3 is 5.32 Å². The molecule has 0 aromatic carbocycles. The summed E-state index contributed by atoms with van der Waals surface area (Å²) in [6, 6.07) is 0. The van der Waals surface area contributed by atoms with Crippen LogP contribution in [0.4, 0.5) is 0 Å². The SMILES string of the molecule is CCCNCC1CCC(C(C)C)CC1CC(C)C.